The minimum atomic E-state index is -0.0264. The van der Waals surface area contributed by atoms with E-state index in [1.165, 1.54) is 10.2 Å². The Hall–Kier alpha value is -2.88. The molecule has 1 aliphatic rings. The van der Waals surface area contributed by atoms with Crippen molar-refractivity contribution in [2.75, 3.05) is 33.9 Å². The predicted octanol–water partition coefficient (Wildman–Crippen LogP) is 3.47. The van der Waals surface area contributed by atoms with Crippen molar-refractivity contribution in [3.8, 4) is 17.3 Å². The molecule has 0 saturated carbocycles. The number of amides is 1. The molecule has 0 radical (unpaired) electrons. The number of methoxy groups -OCH3 is 2. The Kier molecular flexibility index (Phi) is 5.86. The number of aromatic nitrogens is 3. The van der Waals surface area contributed by atoms with Gasteiger partial charge >= 0.3 is 0 Å². The number of thiophene rings is 1. The maximum Gasteiger partial charge on any atom is 0.254 e. The van der Waals surface area contributed by atoms with Gasteiger partial charge in [-0.1, -0.05) is 0 Å². The van der Waals surface area contributed by atoms with Gasteiger partial charge < -0.3 is 29.2 Å². The molecule has 3 aromatic heterocycles. The standard InChI is InChI=1S/C24H29N5O3S/c1-27-21-18(11-16(13-20(21)32-3)23(30)28-7-4-5-17(25)14-28)26-22(27)19-12-15-6-10-33-24(15)29(19)8-9-31-2/h6,10-13,17H,4-5,7-9,14,25H2,1-3H3. The number of nitrogens with two attached hydrogens (primary N) is 1. The molecule has 33 heavy (non-hydrogen) atoms. The molecule has 174 valence electrons. The largest absolute Gasteiger partial charge is 0.494 e. The van der Waals surface area contributed by atoms with Crippen LogP contribution in [0.4, 0.5) is 0 Å². The summed E-state index contributed by atoms with van der Waals surface area (Å²) in [6.07, 6.45) is 1.88. The molecule has 0 aliphatic carbocycles. The summed E-state index contributed by atoms with van der Waals surface area (Å²) in [7, 11) is 5.33. The quantitative estimate of drug-likeness (QED) is 0.469. The van der Waals surface area contributed by atoms with Gasteiger partial charge in [-0.05, 0) is 42.5 Å². The maximum atomic E-state index is 13.2. The van der Waals surface area contributed by atoms with Crippen LogP contribution in [-0.4, -0.2) is 64.9 Å². The number of rotatable bonds is 6. The molecule has 1 fully saturated rings. The van der Waals surface area contributed by atoms with Crippen molar-refractivity contribution in [1.29, 1.82) is 0 Å². The molecule has 1 saturated heterocycles. The number of likely N-dealkylation sites (tertiary alicyclic amines) is 1. The number of aryl methyl sites for hydroxylation is 1. The van der Waals surface area contributed by atoms with Crippen LogP contribution in [0.5, 0.6) is 5.75 Å². The minimum absolute atomic E-state index is 0.0264. The first-order valence-electron chi connectivity index (χ1n) is 11.2. The topological polar surface area (TPSA) is 87.5 Å². The second-order valence-corrected chi connectivity index (χ2v) is 9.44. The average molecular weight is 468 g/mol. The summed E-state index contributed by atoms with van der Waals surface area (Å²) in [6.45, 7) is 2.65. The first kappa shape index (κ1) is 21.9. The number of nitrogens with zero attached hydrogens (tertiary/aromatic N) is 4. The van der Waals surface area contributed by atoms with Crippen molar-refractivity contribution in [3.05, 3.63) is 35.2 Å². The number of benzene rings is 1. The summed E-state index contributed by atoms with van der Waals surface area (Å²) >= 11 is 1.71. The summed E-state index contributed by atoms with van der Waals surface area (Å²) in [5.74, 6) is 1.43. The molecule has 1 atom stereocenters. The third-order valence-electron chi connectivity index (χ3n) is 6.40. The molecule has 1 amide bonds. The van der Waals surface area contributed by atoms with Crippen LogP contribution >= 0.6 is 11.3 Å². The lowest BCUT2D eigenvalue weighted by atomic mass is 10.0. The fourth-order valence-corrected chi connectivity index (χ4v) is 5.68. The normalized spacial score (nSPS) is 16.7. The van der Waals surface area contributed by atoms with Crippen molar-refractivity contribution in [1.82, 2.24) is 19.0 Å². The Morgan fingerprint density at radius 2 is 2.15 bits per heavy atom. The van der Waals surface area contributed by atoms with Gasteiger partial charge in [0.05, 0.1) is 24.9 Å². The van der Waals surface area contributed by atoms with Crippen LogP contribution in [0.15, 0.2) is 29.6 Å². The number of hydrogen-bond acceptors (Lipinski definition) is 6. The van der Waals surface area contributed by atoms with Gasteiger partial charge in [0.1, 0.15) is 16.1 Å². The Morgan fingerprint density at radius 3 is 2.91 bits per heavy atom. The van der Waals surface area contributed by atoms with Crippen LogP contribution in [-0.2, 0) is 18.3 Å². The van der Waals surface area contributed by atoms with E-state index in [-0.39, 0.29) is 11.9 Å². The Balaban J connectivity index is 1.61. The van der Waals surface area contributed by atoms with Gasteiger partial charge in [-0.15, -0.1) is 11.3 Å². The van der Waals surface area contributed by atoms with Crippen molar-refractivity contribution < 1.29 is 14.3 Å². The summed E-state index contributed by atoms with van der Waals surface area (Å²) in [6, 6.07) is 8.00. The van der Waals surface area contributed by atoms with Crippen molar-refractivity contribution >= 4 is 38.5 Å². The van der Waals surface area contributed by atoms with Crippen LogP contribution < -0.4 is 10.5 Å². The van der Waals surface area contributed by atoms with Crippen molar-refractivity contribution in [3.63, 3.8) is 0 Å². The zero-order chi connectivity index (χ0) is 23.1. The highest BCUT2D eigenvalue weighted by atomic mass is 32.1. The van der Waals surface area contributed by atoms with E-state index >= 15 is 0 Å². The third kappa shape index (κ3) is 3.80. The second-order valence-electron chi connectivity index (χ2n) is 8.55. The fourth-order valence-electron chi connectivity index (χ4n) is 4.76. The molecule has 1 aromatic carbocycles. The van der Waals surface area contributed by atoms with E-state index in [2.05, 4.69) is 22.1 Å². The molecular weight excluding hydrogens is 438 g/mol. The number of imidazole rings is 1. The number of ether oxygens (including phenoxy) is 2. The summed E-state index contributed by atoms with van der Waals surface area (Å²) in [5, 5.41) is 3.28. The first-order valence-corrected chi connectivity index (χ1v) is 12.0. The van der Waals surface area contributed by atoms with Gasteiger partial charge in [0.25, 0.3) is 5.91 Å². The number of fused-ring (bicyclic) bond motifs is 2. The van der Waals surface area contributed by atoms with E-state index < -0.39 is 0 Å². The van der Waals surface area contributed by atoms with Gasteiger partial charge in [-0.25, -0.2) is 4.98 Å². The van der Waals surface area contributed by atoms with E-state index in [1.807, 2.05) is 28.6 Å². The molecule has 9 heteroatoms. The lowest BCUT2D eigenvalue weighted by Gasteiger charge is -2.30. The highest BCUT2D eigenvalue weighted by Gasteiger charge is 2.25. The molecule has 1 aliphatic heterocycles. The highest BCUT2D eigenvalue weighted by Crippen LogP contribution is 2.35. The maximum absolute atomic E-state index is 13.2. The van der Waals surface area contributed by atoms with Gasteiger partial charge in [0, 0.05) is 50.8 Å². The van der Waals surface area contributed by atoms with Crippen LogP contribution in [0.2, 0.25) is 0 Å². The average Bonchev–Trinajstić information content (AvgIpc) is 3.50. The van der Waals surface area contributed by atoms with E-state index in [0.29, 0.717) is 24.5 Å². The molecule has 8 nitrogen and oxygen atoms in total. The van der Waals surface area contributed by atoms with Gasteiger partial charge in [-0.2, -0.15) is 0 Å². The Labute approximate surface area is 196 Å². The van der Waals surface area contributed by atoms with Gasteiger partial charge in [0.15, 0.2) is 5.82 Å². The molecule has 4 aromatic rings. The predicted molar refractivity (Wildman–Crippen MR) is 131 cm³/mol. The number of hydrogen-bond donors (Lipinski definition) is 1. The van der Waals surface area contributed by atoms with Crippen molar-refractivity contribution in [2.45, 2.75) is 25.4 Å². The van der Waals surface area contributed by atoms with E-state index in [4.69, 9.17) is 20.2 Å². The molecule has 0 spiro atoms. The summed E-state index contributed by atoms with van der Waals surface area (Å²) < 4.78 is 15.4. The Morgan fingerprint density at radius 1 is 1.30 bits per heavy atom. The molecule has 1 unspecified atom stereocenters. The molecule has 2 N–H and O–H groups in total. The molecule has 4 heterocycles. The zero-order valence-corrected chi connectivity index (χ0v) is 20.0. The van der Waals surface area contributed by atoms with E-state index in [0.717, 1.165) is 48.5 Å². The SMILES string of the molecule is COCCn1c(-c2nc3cc(C(=O)N4CCCC(N)C4)cc(OC)c3n2C)cc2ccsc21. The highest BCUT2D eigenvalue weighted by molar-refractivity contribution is 7.16. The monoisotopic (exact) mass is 467 g/mol. The summed E-state index contributed by atoms with van der Waals surface area (Å²) in [5.41, 5.74) is 9.30. The molecule has 5 rings (SSSR count). The van der Waals surface area contributed by atoms with E-state index in [1.54, 1.807) is 25.6 Å². The number of carbonyl (C=O) groups is 1. The first-order chi connectivity index (χ1) is 16.0. The van der Waals surface area contributed by atoms with E-state index in [9.17, 15) is 4.79 Å². The van der Waals surface area contributed by atoms with Crippen LogP contribution in [0.1, 0.15) is 23.2 Å². The fraction of sp³-hybridized carbons (Fsp3) is 0.417. The smallest absolute Gasteiger partial charge is 0.254 e. The second kappa shape index (κ2) is 8.81. The van der Waals surface area contributed by atoms with Gasteiger partial charge in [0.2, 0.25) is 0 Å². The lowest BCUT2D eigenvalue weighted by Crippen LogP contribution is -2.45. The van der Waals surface area contributed by atoms with Crippen LogP contribution in [0.25, 0.3) is 32.8 Å². The zero-order valence-electron chi connectivity index (χ0n) is 19.2. The lowest BCUT2D eigenvalue weighted by molar-refractivity contribution is 0.0708. The Bertz CT molecular complexity index is 1320. The summed E-state index contributed by atoms with van der Waals surface area (Å²) in [4.78, 5) is 21.2. The number of piperidine rings is 1. The van der Waals surface area contributed by atoms with Crippen molar-refractivity contribution in [2.24, 2.45) is 12.8 Å². The van der Waals surface area contributed by atoms with Crippen LogP contribution in [0, 0.1) is 0 Å². The van der Waals surface area contributed by atoms with Crippen LogP contribution in [0.3, 0.4) is 0 Å². The number of carbonyl (C=O) groups excluding carboxylic acids is 1. The third-order valence-corrected chi connectivity index (χ3v) is 7.35. The molecule has 0 bridgehead atoms. The molecular formula is C24H29N5O3S. The minimum Gasteiger partial charge on any atom is -0.494 e. The van der Waals surface area contributed by atoms with Gasteiger partial charge in [-0.3, -0.25) is 4.79 Å².